The molecule has 1 aliphatic heterocycles. The molecule has 1 atom stereocenters. The summed E-state index contributed by atoms with van der Waals surface area (Å²) in [6.07, 6.45) is 0.364. The summed E-state index contributed by atoms with van der Waals surface area (Å²) >= 11 is 0. The lowest BCUT2D eigenvalue weighted by Gasteiger charge is -2.29. The SMILES string of the molecule is C=C(C#N)C1(OC(=O)OC(C)(C)C)C(=O)N(CCCC)c2ccc(F)cc21. The Labute approximate surface area is 158 Å². The van der Waals surface area contributed by atoms with Gasteiger partial charge in [0.1, 0.15) is 11.4 Å². The molecule has 1 heterocycles. The van der Waals surface area contributed by atoms with Gasteiger partial charge in [-0.05, 0) is 45.4 Å². The number of hydrogen-bond acceptors (Lipinski definition) is 5. The van der Waals surface area contributed by atoms with Crippen molar-refractivity contribution in [2.75, 3.05) is 11.4 Å². The molecule has 1 aromatic rings. The van der Waals surface area contributed by atoms with E-state index in [9.17, 15) is 19.2 Å². The Morgan fingerprint density at radius 1 is 1.41 bits per heavy atom. The van der Waals surface area contributed by atoms with Crippen LogP contribution in [0, 0.1) is 17.1 Å². The van der Waals surface area contributed by atoms with Gasteiger partial charge < -0.3 is 14.4 Å². The second-order valence-electron chi connectivity index (χ2n) is 7.31. The first-order valence-corrected chi connectivity index (χ1v) is 8.70. The molecule has 0 aromatic heterocycles. The lowest BCUT2D eigenvalue weighted by Crippen LogP contribution is -2.46. The molecule has 1 unspecified atom stereocenters. The van der Waals surface area contributed by atoms with Crippen molar-refractivity contribution in [2.45, 2.75) is 51.7 Å². The van der Waals surface area contributed by atoms with Gasteiger partial charge in [0.15, 0.2) is 0 Å². The molecule has 0 bridgehead atoms. The van der Waals surface area contributed by atoms with Crippen LogP contribution in [0.25, 0.3) is 0 Å². The van der Waals surface area contributed by atoms with Gasteiger partial charge in [0.25, 0.3) is 11.5 Å². The van der Waals surface area contributed by atoms with E-state index in [0.29, 0.717) is 18.7 Å². The zero-order chi connectivity index (χ0) is 20.4. The highest BCUT2D eigenvalue weighted by Gasteiger charge is 2.57. The molecule has 0 N–H and O–H groups in total. The van der Waals surface area contributed by atoms with Crippen molar-refractivity contribution in [3.05, 3.63) is 41.7 Å². The lowest BCUT2D eigenvalue weighted by atomic mass is 9.88. The molecule has 1 amide bonds. The van der Waals surface area contributed by atoms with Crippen LogP contribution in [0.1, 0.15) is 46.1 Å². The number of carbonyl (C=O) groups excluding carboxylic acids is 2. The van der Waals surface area contributed by atoms with Gasteiger partial charge >= 0.3 is 6.16 Å². The standard InChI is InChI=1S/C20H23FN2O4/c1-6-7-10-23-16-9-8-14(21)11-15(16)20(17(23)24,13(2)12-22)27-18(25)26-19(3,4)5/h8-9,11H,2,6-7,10H2,1,3-5H3. The van der Waals surface area contributed by atoms with Gasteiger partial charge in [0.05, 0.1) is 17.3 Å². The van der Waals surface area contributed by atoms with E-state index in [4.69, 9.17) is 9.47 Å². The lowest BCUT2D eigenvalue weighted by molar-refractivity contribution is -0.136. The number of fused-ring (bicyclic) bond motifs is 1. The van der Waals surface area contributed by atoms with Gasteiger partial charge in [-0.15, -0.1) is 0 Å². The highest BCUT2D eigenvalue weighted by molar-refractivity contribution is 6.10. The van der Waals surface area contributed by atoms with Crippen LogP contribution in [0.2, 0.25) is 0 Å². The number of anilines is 1. The second kappa shape index (κ2) is 7.39. The zero-order valence-electron chi connectivity index (χ0n) is 16.0. The molecular formula is C20H23FN2O4. The number of nitrogens with zero attached hydrogens (tertiary/aromatic N) is 2. The number of halogens is 1. The van der Waals surface area contributed by atoms with Crippen molar-refractivity contribution in [2.24, 2.45) is 0 Å². The van der Waals surface area contributed by atoms with Crippen molar-refractivity contribution in [3.8, 4) is 6.07 Å². The van der Waals surface area contributed by atoms with Crippen molar-refractivity contribution in [3.63, 3.8) is 0 Å². The van der Waals surface area contributed by atoms with E-state index in [1.54, 1.807) is 26.8 Å². The first-order chi connectivity index (χ1) is 12.6. The molecule has 144 valence electrons. The van der Waals surface area contributed by atoms with Crippen molar-refractivity contribution >= 4 is 17.7 Å². The van der Waals surface area contributed by atoms with E-state index in [-0.39, 0.29) is 11.1 Å². The number of ether oxygens (including phenoxy) is 2. The highest BCUT2D eigenvalue weighted by Crippen LogP contribution is 2.47. The Morgan fingerprint density at radius 2 is 2.07 bits per heavy atom. The number of unbranched alkanes of at least 4 members (excludes halogenated alkanes) is 1. The molecule has 0 aliphatic carbocycles. The van der Waals surface area contributed by atoms with Gasteiger partial charge in [0, 0.05) is 12.1 Å². The number of hydrogen-bond donors (Lipinski definition) is 0. The normalized spacial score (nSPS) is 18.7. The van der Waals surface area contributed by atoms with Crippen molar-refractivity contribution < 1.29 is 23.5 Å². The fourth-order valence-corrected chi connectivity index (χ4v) is 2.90. The Morgan fingerprint density at radius 3 is 2.63 bits per heavy atom. The molecule has 0 saturated carbocycles. The quantitative estimate of drug-likeness (QED) is 0.570. The van der Waals surface area contributed by atoms with Crippen LogP contribution in [0.15, 0.2) is 30.4 Å². The zero-order valence-corrected chi connectivity index (χ0v) is 16.0. The van der Waals surface area contributed by atoms with Gasteiger partial charge in [-0.1, -0.05) is 19.9 Å². The molecule has 27 heavy (non-hydrogen) atoms. The van der Waals surface area contributed by atoms with Gasteiger partial charge in [-0.3, -0.25) is 4.79 Å². The van der Waals surface area contributed by atoms with E-state index in [1.807, 2.05) is 6.92 Å². The minimum atomic E-state index is -2.14. The van der Waals surface area contributed by atoms with Crippen LogP contribution in [0.5, 0.6) is 0 Å². The maximum atomic E-state index is 14.0. The summed E-state index contributed by atoms with van der Waals surface area (Å²) in [6.45, 7) is 10.8. The molecule has 0 fully saturated rings. The largest absolute Gasteiger partial charge is 0.510 e. The number of amides is 1. The van der Waals surface area contributed by atoms with Crippen LogP contribution in [-0.2, 0) is 19.9 Å². The number of nitriles is 1. The molecule has 0 radical (unpaired) electrons. The van der Waals surface area contributed by atoms with Gasteiger partial charge in [-0.25, -0.2) is 9.18 Å². The Balaban J connectivity index is 2.60. The minimum absolute atomic E-state index is 0.0704. The second-order valence-corrected chi connectivity index (χ2v) is 7.31. The van der Waals surface area contributed by atoms with Crippen molar-refractivity contribution in [1.29, 1.82) is 5.26 Å². The first kappa shape index (κ1) is 20.4. The molecule has 0 spiro atoms. The average molecular weight is 374 g/mol. The maximum absolute atomic E-state index is 14.0. The number of carbonyl (C=O) groups is 2. The van der Waals surface area contributed by atoms with Gasteiger partial charge in [0.2, 0.25) is 0 Å². The molecule has 0 saturated heterocycles. The van der Waals surface area contributed by atoms with E-state index >= 15 is 0 Å². The average Bonchev–Trinajstić information content (AvgIpc) is 2.79. The fourth-order valence-electron chi connectivity index (χ4n) is 2.90. The van der Waals surface area contributed by atoms with Crippen molar-refractivity contribution in [1.82, 2.24) is 0 Å². The summed E-state index contributed by atoms with van der Waals surface area (Å²) in [5.74, 6) is -1.28. The van der Waals surface area contributed by atoms with Crippen LogP contribution in [0.4, 0.5) is 14.9 Å². The molecule has 6 nitrogen and oxygen atoms in total. The summed E-state index contributed by atoms with van der Waals surface area (Å²) in [5.41, 5.74) is -2.87. The molecule has 7 heteroatoms. The van der Waals surface area contributed by atoms with E-state index < -0.39 is 29.1 Å². The van der Waals surface area contributed by atoms with Crippen LogP contribution < -0.4 is 4.90 Å². The van der Waals surface area contributed by atoms with Gasteiger partial charge in [-0.2, -0.15) is 5.26 Å². The van der Waals surface area contributed by atoms with E-state index in [0.717, 1.165) is 12.5 Å². The smallest absolute Gasteiger partial charge is 0.429 e. The monoisotopic (exact) mass is 374 g/mol. The number of rotatable bonds is 5. The highest BCUT2D eigenvalue weighted by atomic mass is 19.1. The summed E-state index contributed by atoms with van der Waals surface area (Å²) in [5, 5.41) is 9.43. The summed E-state index contributed by atoms with van der Waals surface area (Å²) in [4.78, 5) is 27.0. The summed E-state index contributed by atoms with van der Waals surface area (Å²) in [7, 11) is 0. The third-order valence-electron chi connectivity index (χ3n) is 4.10. The van der Waals surface area contributed by atoms with Crippen LogP contribution in [-0.4, -0.2) is 24.2 Å². The van der Waals surface area contributed by atoms with E-state index in [2.05, 4.69) is 6.58 Å². The van der Waals surface area contributed by atoms with Crippen LogP contribution in [0.3, 0.4) is 0 Å². The Kier molecular flexibility index (Phi) is 5.59. The molecular weight excluding hydrogens is 351 g/mol. The third-order valence-corrected chi connectivity index (χ3v) is 4.10. The molecule has 1 aromatic carbocycles. The third kappa shape index (κ3) is 3.80. The summed E-state index contributed by atoms with van der Waals surface area (Å²) < 4.78 is 24.5. The Bertz CT molecular complexity index is 822. The predicted octanol–water partition coefficient (Wildman–Crippen LogP) is 4.20. The molecule has 1 aliphatic rings. The number of benzene rings is 1. The maximum Gasteiger partial charge on any atom is 0.510 e. The summed E-state index contributed by atoms with van der Waals surface area (Å²) in [6, 6.07) is 5.52. The minimum Gasteiger partial charge on any atom is -0.429 e. The van der Waals surface area contributed by atoms with Crippen LogP contribution >= 0.6 is 0 Å². The van der Waals surface area contributed by atoms with E-state index in [1.165, 1.54) is 17.0 Å². The topological polar surface area (TPSA) is 79.6 Å². The Hall–Kier alpha value is -2.88. The fraction of sp³-hybridized carbons (Fsp3) is 0.450. The molecule has 2 rings (SSSR count). The first-order valence-electron chi connectivity index (χ1n) is 8.70. The predicted molar refractivity (Wildman–Crippen MR) is 97.4 cm³/mol.